The van der Waals surface area contributed by atoms with Crippen molar-refractivity contribution in [1.29, 1.82) is 0 Å². The van der Waals surface area contributed by atoms with Gasteiger partial charge in [0.05, 0.1) is 16.8 Å². The van der Waals surface area contributed by atoms with Crippen LogP contribution in [0.25, 0.3) is 15.9 Å². The first-order chi connectivity index (χ1) is 13.6. The zero-order chi connectivity index (χ0) is 19.7. The highest BCUT2D eigenvalue weighted by atomic mass is 32.2. The molecule has 0 bridgehead atoms. The normalized spacial score (nSPS) is 13.9. The predicted molar refractivity (Wildman–Crippen MR) is 116 cm³/mol. The van der Waals surface area contributed by atoms with Crippen LogP contribution in [0.15, 0.2) is 34.2 Å². The standard InChI is InChI=1S/C21H23N3O2S2/c1-13-8-6-7-10-15(13)24-20(26)18-14-9-4-3-5-11-16(14)28-19(18)23-21(24)27-12-17(25)22-2/h6-8,10H,3-5,9,11-12H2,1-2H3,(H,22,25). The van der Waals surface area contributed by atoms with Gasteiger partial charge in [0.1, 0.15) is 4.83 Å². The molecule has 1 N–H and O–H groups in total. The summed E-state index contributed by atoms with van der Waals surface area (Å²) in [6.45, 7) is 1.99. The number of thioether (sulfide) groups is 1. The average Bonchev–Trinajstić information content (AvgIpc) is 2.88. The van der Waals surface area contributed by atoms with Crippen LogP contribution < -0.4 is 10.9 Å². The fourth-order valence-corrected chi connectivity index (χ4v) is 5.87. The third-order valence-corrected chi connectivity index (χ3v) is 7.30. The fourth-order valence-electron chi connectivity index (χ4n) is 3.69. The van der Waals surface area contributed by atoms with Crippen molar-refractivity contribution in [3.63, 3.8) is 0 Å². The summed E-state index contributed by atoms with van der Waals surface area (Å²) in [4.78, 5) is 32.5. The highest BCUT2D eigenvalue weighted by Gasteiger charge is 2.23. The van der Waals surface area contributed by atoms with Crippen LogP contribution in [-0.4, -0.2) is 28.3 Å². The number of thiophene rings is 1. The van der Waals surface area contributed by atoms with Crippen molar-refractivity contribution >= 4 is 39.2 Å². The molecule has 0 unspecified atom stereocenters. The van der Waals surface area contributed by atoms with Gasteiger partial charge in [-0.25, -0.2) is 4.98 Å². The monoisotopic (exact) mass is 413 g/mol. The van der Waals surface area contributed by atoms with Crippen molar-refractivity contribution in [2.24, 2.45) is 0 Å². The lowest BCUT2D eigenvalue weighted by atomic mass is 10.1. The second-order valence-electron chi connectivity index (χ2n) is 7.03. The molecule has 0 fully saturated rings. The first-order valence-electron chi connectivity index (χ1n) is 9.57. The summed E-state index contributed by atoms with van der Waals surface area (Å²) in [5.74, 6) is 0.142. The topological polar surface area (TPSA) is 64.0 Å². The Balaban J connectivity index is 1.96. The number of benzene rings is 1. The summed E-state index contributed by atoms with van der Waals surface area (Å²) in [6, 6.07) is 7.83. The van der Waals surface area contributed by atoms with Crippen molar-refractivity contribution in [2.75, 3.05) is 12.8 Å². The van der Waals surface area contributed by atoms with Gasteiger partial charge in [0.15, 0.2) is 5.16 Å². The summed E-state index contributed by atoms with van der Waals surface area (Å²) < 4.78 is 1.70. The van der Waals surface area contributed by atoms with Crippen LogP contribution in [0.1, 0.15) is 35.3 Å². The Hall–Kier alpha value is -2.12. The zero-order valence-corrected chi connectivity index (χ0v) is 17.7. The number of aromatic nitrogens is 2. The Morgan fingerprint density at radius 2 is 2.04 bits per heavy atom. The first kappa shape index (κ1) is 19.2. The highest BCUT2D eigenvalue weighted by molar-refractivity contribution is 7.99. The van der Waals surface area contributed by atoms with Gasteiger partial charge in [0.2, 0.25) is 5.91 Å². The molecule has 3 aromatic rings. The smallest absolute Gasteiger partial charge is 0.267 e. The molecule has 7 heteroatoms. The van der Waals surface area contributed by atoms with Gasteiger partial charge in [-0.1, -0.05) is 36.4 Å². The van der Waals surface area contributed by atoms with E-state index in [0.717, 1.165) is 40.7 Å². The number of carbonyl (C=O) groups is 1. The molecule has 1 amide bonds. The van der Waals surface area contributed by atoms with Crippen molar-refractivity contribution in [3.05, 3.63) is 50.6 Å². The summed E-state index contributed by atoms with van der Waals surface area (Å²) in [5, 5.41) is 3.98. The van der Waals surface area contributed by atoms with Crippen LogP contribution >= 0.6 is 23.1 Å². The summed E-state index contributed by atoms with van der Waals surface area (Å²) in [7, 11) is 1.62. The quantitative estimate of drug-likeness (QED) is 0.401. The van der Waals surface area contributed by atoms with Gasteiger partial charge >= 0.3 is 0 Å². The molecular formula is C21H23N3O2S2. The number of amides is 1. The molecule has 0 spiro atoms. The molecule has 2 aromatic heterocycles. The third-order valence-electron chi connectivity index (χ3n) is 5.18. The van der Waals surface area contributed by atoms with E-state index in [1.807, 2.05) is 31.2 Å². The van der Waals surface area contributed by atoms with Gasteiger partial charge in [-0.05, 0) is 49.8 Å². The Morgan fingerprint density at radius 1 is 1.25 bits per heavy atom. The Labute approximate surface area is 172 Å². The number of nitrogens with zero attached hydrogens (tertiary/aromatic N) is 2. The lowest BCUT2D eigenvalue weighted by Gasteiger charge is -2.14. The lowest BCUT2D eigenvalue weighted by Crippen LogP contribution is -2.24. The maximum absolute atomic E-state index is 13.7. The minimum absolute atomic E-state index is 0.0156. The van der Waals surface area contributed by atoms with E-state index in [-0.39, 0.29) is 17.2 Å². The lowest BCUT2D eigenvalue weighted by molar-refractivity contribution is -0.118. The molecule has 1 aromatic carbocycles. The summed E-state index contributed by atoms with van der Waals surface area (Å²) in [5.41, 5.74) is 3.02. The number of nitrogens with one attached hydrogen (secondary N) is 1. The number of carbonyl (C=O) groups excluding carboxylic acids is 1. The molecule has 5 nitrogen and oxygen atoms in total. The maximum atomic E-state index is 13.7. The van der Waals surface area contributed by atoms with Gasteiger partial charge in [0, 0.05) is 11.9 Å². The number of fused-ring (bicyclic) bond motifs is 3. The van der Waals surface area contributed by atoms with E-state index in [9.17, 15) is 9.59 Å². The third kappa shape index (κ3) is 3.49. The number of aryl methyl sites for hydroxylation is 3. The summed E-state index contributed by atoms with van der Waals surface area (Å²) >= 11 is 2.96. The largest absolute Gasteiger partial charge is 0.358 e. The van der Waals surface area contributed by atoms with E-state index < -0.39 is 0 Å². The number of hydrogen-bond donors (Lipinski definition) is 1. The minimum Gasteiger partial charge on any atom is -0.358 e. The van der Waals surface area contributed by atoms with Crippen LogP contribution in [0, 0.1) is 6.92 Å². The molecule has 0 aliphatic heterocycles. The summed E-state index contributed by atoms with van der Waals surface area (Å²) in [6.07, 6.45) is 5.48. The van der Waals surface area contributed by atoms with Crippen LogP contribution in [-0.2, 0) is 17.6 Å². The average molecular weight is 414 g/mol. The van der Waals surface area contributed by atoms with Gasteiger partial charge in [-0.2, -0.15) is 0 Å². The van der Waals surface area contributed by atoms with Crippen molar-refractivity contribution in [3.8, 4) is 5.69 Å². The molecule has 1 aliphatic carbocycles. The molecule has 28 heavy (non-hydrogen) atoms. The predicted octanol–water partition coefficient (Wildman–Crippen LogP) is 3.86. The zero-order valence-electron chi connectivity index (χ0n) is 16.1. The number of para-hydroxylation sites is 1. The molecule has 0 atom stereocenters. The molecule has 4 rings (SSSR count). The van der Waals surface area contributed by atoms with Crippen molar-refractivity contribution in [1.82, 2.24) is 14.9 Å². The Kier molecular flexibility index (Phi) is 5.55. The molecule has 1 aliphatic rings. The minimum atomic E-state index is -0.0855. The number of hydrogen-bond acceptors (Lipinski definition) is 5. The fraction of sp³-hybridized carbons (Fsp3) is 0.381. The van der Waals surface area contributed by atoms with Gasteiger partial charge in [-0.15, -0.1) is 11.3 Å². The van der Waals surface area contributed by atoms with Crippen LogP contribution in [0.2, 0.25) is 0 Å². The van der Waals surface area contributed by atoms with Crippen molar-refractivity contribution in [2.45, 2.75) is 44.2 Å². The molecule has 2 heterocycles. The number of rotatable bonds is 4. The molecule has 0 radical (unpaired) electrons. The van der Waals surface area contributed by atoms with Crippen LogP contribution in [0.5, 0.6) is 0 Å². The van der Waals surface area contributed by atoms with Crippen LogP contribution in [0.3, 0.4) is 0 Å². The van der Waals surface area contributed by atoms with E-state index in [4.69, 9.17) is 4.98 Å². The molecule has 0 saturated heterocycles. The van der Waals surface area contributed by atoms with E-state index >= 15 is 0 Å². The van der Waals surface area contributed by atoms with E-state index in [0.29, 0.717) is 5.16 Å². The second kappa shape index (κ2) is 8.09. The molecule has 146 valence electrons. The Bertz CT molecular complexity index is 1100. The Morgan fingerprint density at radius 3 is 2.82 bits per heavy atom. The van der Waals surface area contributed by atoms with Gasteiger partial charge < -0.3 is 5.32 Å². The maximum Gasteiger partial charge on any atom is 0.267 e. The first-order valence-corrected chi connectivity index (χ1v) is 11.4. The molecular weight excluding hydrogens is 390 g/mol. The van der Waals surface area contributed by atoms with E-state index in [1.54, 1.807) is 23.0 Å². The van der Waals surface area contributed by atoms with E-state index in [2.05, 4.69) is 5.32 Å². The molecule has 0 saturated carbocycles. The van der Waals surface area contributed by atoms with Crippen molar-refractivity contribution < 1.29 is 4.79 Å². The van der Waals surface area contributed by atoms with E-state index in [1.165, 1.54) is 35.0 Å². The highest BCUT2D eigenvalue weighted by Crippen LogP contribution is 2.34. The SMILES string of the molecule is CNC(=O)CSc1nc2sc3c(c2c(=O)n1-c1ccccc1C)CCCCC3. The second-order valence-corrected chi connectivity index (χ2v) is 9.05. The van der Waals surface area contributed by atoms with Crippen LogP contribution in [0.4, 0.5) is 0 Å². The van der Waals surface area contributed by atoms with Gasteiger partial charge in [-0.3, -0.25) is 14.2 Å². The van der Waals surface area contributed by atoms with Gasteiger partial charge in [0.25, 0.3) is 5.56 Å².